The van der Waals surface area contributed by atoms with Crippen LogP contribution < -0.4 is 9.80 Å². The Kier molecular flexibility index (Phi) is 13.8. The number of hydrogen-bond acceptors (Lipinski definition) is 2. The van der Waals surface area contributed by atoms with E-state index >= 15 is 0 Å². The van der Waals surface area contributed by atoms with Crippen molar-refractivity contribution < 1.29 is 17.9 Å². The molecule has 0 N–H and O–H groups in total. The summed E-state index contributed by atoms with van der Waals surface area (Å²) in [7, 11) is 15.7. The summed E-state index contributed by atoms with van der Waals surface area (Å²) in [6, 6.07) is 21.6. The van der Waals surface area contributed by atoms with E-state index in [-0.39, 0.29) is 6.10 Å². The molecule has 3 nitrogen and oxygen atoms in total. The molecule has 0 spiro atoms. The van der Waals surface area contributed by atoms with Crippen molar-refractivity contribution in [1.29, 1.82) is 0 Å². The van der Waals surface area contributed by atoms with Gasteiger partial charge in [0.2, 0.25) is 0 Å². The molecule has 0 bridgehead atoms. The van der Waals surface area contributed by atoms with Crippen molar-refractivity contribution in [2.24, 2.45) is 0 Å². The molecule has 3 aromatic rings. The molecule has 0 unspecified atom stereocenters. The summed E-state index contributed by atoms with van der Waals surface area (Å²) in [6.07, 6.45) is 0.269. The second kappa shape index (κ2) is 16.6. The van der Waals surface area contributed by atoms with Crippen LogP contribution in [0.5, 0.6) is 5.75 Å². The number of para-hydroxylation sites is 3. The Morgan fingerprint density at radius 3 is 1.39 bits per heavy atom. The fourth-order valence-electron chi connectivity index (χ4n) is 5.67. The van der Waals surface area contributed by atoms with E-state index in [1.165, 1.54) is 33.6 Å². The first-order valence-corrected chi connectivity index (χ1v) is 21.3. The van der Waals surface area contributed by atoms with Crippen LogP contribution in [0, 0.1) is 13.8 Å². The van der Waals surface area contributed by atoms with Crippen molar-refractivity contribution in [3.8, 4) is 5.75 Å². The van der Waals surface area contributed by atoms with Crippen LogP contribution in [-0.4, -0.2) is 23.8 Å². The quantitative estimate of drug-likeness (QED) is 0.123. The normalized spacial score (nSPS) is 13.7. The third-order valence-electron chi connectivity index (χ3n) is 8.08. The van der Waals surface area contributed by atoms with E-state index in [0.717, 1.165) is 24.4 Å². The molecule has 0 radical (unpaired) electrons. The number of hydrogen-bond donors (Lipinski definition) is 0. The van der Waals surface area contributed by atoms with Gasteiger partial charge in [0.1, 0.15) is 0 Å². The average Bonchev–Trinajstić information content (AvgIpc) is 3.45. The zero-order valence-electron chi connectivity index (χ0n) is 28.3. The second-order valence-corrected chi connectivity index (χ2v) is 18.7. The Hall–Kier alpha value is -1.87. The summed E-state index contributed by atoms with van der Waals surface area (Å²) in [4.78, 5) is 5.01. The van der Waals surface area contributed by atoms with E-state index in [1.807, 2.05) is 28.9 Å². The van der Waals surface area contributed by atoms with Crippen molar-refractivity contribution in [1.82, 2.24) is 0 Å². The molecular weight excluding hydrogens is 672 g/mol. The number of rotatable bonds is 9. The van der Waals surface area contributed by atoms with E-state index in [0.29, 0.717) is 23.7 Å². The van der Waals surface area contributed by atoms with E-state index in [1.54, 1.807) is 0 Å². The Morgan fingerprint density at radius 2 is 1.05 bits per heavy atom. The van der Waals surface area contributed by atoms with Gasteiger partial charge in [-0.3, -0.25) is 0 Å². The summed E-state index contributed by atoms with van der Waals surface area (Å²) in [5.74, 6) is 3.05. The van der Waals surface area contributed by atoms with Crippen molar-refractivity contribution in [3.05, 3.63) is 102 Å². The molecule has 1 saturated heterocycles. The molecule has 4 rings (SSSR count). The first kappa shape index (κ1) is 36.6. The van der Waals surface area contributed by atoms with Crippen LogP contribution in [0.2, 0.25) is 0 Å². The first-order valence-electron chi connectivity index (χ1n) is 15.8. The Morgan fingerprint density at radius 1 is 0.659 bits per heavy atom. The summed E-state index contributed by atoms with van der Waals surface area (Å²) in [5, 5.41) is 0. The molecule has 1 aliphatic heterocycles. The van der Waals surface area contributed by atoms with Crippen LogP contribution in [0.25, 0.3) is 0 Å². The topological polar surface area (TPSA) is 9.18 Å². The van der Waals surface area contributed by atoms with Gasteiger partial charge in [-0.05, 0) is 45.9 Å². The summed E-state index contributed by atoms with van der Waals surface area (Å²) >= 11 is -1.79. The number of halogens is 2. The second-order valence-electron chi connectivity index (χ2n) is 13.0. The van der Waals surface area contributed by atoms with Gasteiger partial charge in [-0.25, -0.2) is 0 Å². The van der Waals surface area contributed by atoms with Crippen molar-refractivity contribution in [3.63, 3.8) is 0 Å². The zero-order valence-corrected chi connectivity index (χ0v) is 31.6. The van der Waals surface area contributed by atoms with E-state index < -0.39 is 13.5 Å². The summed E-state index contributed by atoms with van der Waals surface area (Å²) in [5.41, 5.74) is 9.70. The molecule has 1 fully saturated rings. The van der Waals surface area contributed by atoms with E-state index in [2.05, 4.69) is 134 Å². The van der Waals surface area contributed by atoms with Gasteiger partial charge in [-0.15, -0.1) is 0 Å². The fraction of sp³-hybridized carbons (Fsp3) is 0.447. The molecule has 0 saturated carbocycles. The maximum absolute atomic E-state index is 5.87. The molecule has 1 heterocycles. The standard InChI is InChI=1S/C27H39N2.C11H14O.2ClH.Ru/c1-18(2)22-11-9-12-23(19(3)4)26(22)28-15-16-29(17-28)27-24(20(5)6)13-10-14-25(27)21(7)8;1-9(2)12(4)11-8-6-5-7-10(11)3;;;/h9-14,17-21H,15-16H2,1-8H3;3,5-9H,4H2,1-2H3;2*1H;/q-1;;;;+2/p-2. The monoisotopic (exact) mass is 725 g/mol. The van der Waals surface area contributed by atoms with Gasteiger partial charge in [-0.1, -0.05) is 91.8 Å². The molecule has 3 aromatic carbocycles. The van der Waals surface area contributed by atoms with Gasteiger partial charge < -0.3 is 9.80 Å². The number of benzene rings is 3. The minimum absolute atomic E-state index is 0.269. The Labute approximate surface area is 281 Å². The SMILES string of the molecule is CC(C)c1cccc(C(C)C)c1N1[CH-]N(c2c(C(C)C)cccc2C(C)C)CC1.[CH2-][O+](c1ccccc1[CH]=[Ru]([Cl])[Cl])C(C)C. The van der Waals surface area contributed by atoms with Gasteiger partial charge in [-0.2, -0.15) is 6.67 Å². The van der Waals surface area contributed by atoms with Crippen LogP contribution in [0.3, 0.4) is 0 Å². The van der Waals surface area contributed by atoms with E-state index in [4.69, 9.17) is 19.4 Å². The fourth-order valence-corrected chi connectivity index (χ4v) is 7.47. The summed E-state index contributed by atoms with van der Waals surface area (Å²) in [6.45, 7) is 27.0. The molecule has 0 aromatic heterocycles. The van der Waals surface area contributed by atoms with Gasteiger partial charge in [0, 0.05) is 24.5 Å². The predicted molar refractivity (Wildman–Crippen MR) is 193 cm³/mol. The van der Waals surface area contributed by atoms with Gasteiger partial charge in [0.25, 0.3) is 0 Å². The zero-order chi connectivity index (χ0) is 32.7. The van der Waals surface area contributed by atoms with Crippen LogP contribution >= 0.6 is 19.4 Å². The van der Waals surface area contributed by atoms with Crippen molar-refractivity contribution in [2.75, 3.05) is 22.9 Å². The maximum atomic E-state index is 5.87. The Balaban J connectivity index is 0.000000297. The van der Waals surface area contributed by atoms with Crippen LogP contribution in [-0.2, 0) is 17.9 Å². The van der Waals surface area contributed by atoms with Crippen LogP contribution in [0.4, 0.5) is 11.4 Å². The minimum atomic E-state index is -1.79. The van der Waals surface area contributed by atoms with Gasteiger partial charge in [0.15, 0.2) is 0 Å². The third-order valence-corrected chi connectivity index (χ3v) is 9.91. The first-order chi connectivity index (χ1) is 20.7. The van der Waals surface area contributed by atoms with Crippen LogP contribution in [0.1, 0.15) is 121 Å². The molecule has 1 aliphatic rings. The molecular formula is C38H53Cl2N2ORu-. The predicted octanol–water partition coefficient (Wildman–Crippen LogP) is 11.9. The molecule has 244 valence electrons. The molecule has 0 amide bonds. The van der Waals surface area contributed by atoms with Gasteiger partial charge in [0.05, 0.1) is 0 Å². The van der Waals surface area contributed by atoms with Crippen molar-refractivity contribution in [2.45, 2.75) is 99.0 Å². The average molecular weight is 726 g/mol. The Bertz CT molecular complexity index is 1270. The molecule has 44 heavy (non-hydrogen) atoms. The molecule has 0 aliphatic carbocycles. The van der Waals surface area contributed by atoms with E-state index in [9.17, 15) is 0 Å². The summed E-state index contributed by atoms with van der Waals surface area (Å²) < 4.78 is 4.74. The molecule has 0 atom stereocenters. The third kappa shape index (κ3) is 9.11. The van der Waals surface area contributed by atoms with Crippen LogP contribution in [0.15, 0.2) is 60.7 Å². The number of nitrogens with zero attached hydrogens (tertiary/aromatic N) is 2. The molecule has 6 heteroatoms. The van der Waals surface area contributed by atoms with Gasteiger partial charge >= 0.3 is 105 Å². The van der Waals surface area contributed by atoms with Crippen molar-refractivity contribution >= 4 is 35.4 Å². The number of anilines is 2.